The van der Waals surface area contributed by atoms with Crippen LogP contribution < -0.4 is 5.32 Å². The number of amides is 2. The summed E-state index contributed by atoms with van der Waals surface area (Å²) in [4.78, 5) is 18.3. The molecule has 1 aromatic heterocycles. The average Bonchev–Trinajstić information content (AvgIpc) is 3.09. The van der Waals surface area contributed by atoms with Crippen molar-refractivity contribution >= 4 is 29.1 Å². The monoisotopic (exact) mass is 313 g/mol. The van der Waals surface area contributed by atoms with Crippen molar-refractivity contribution in [3.63, 3.8) is 0 Å². The van der Waals surface area contributed by atoms with Crippen LogP contribution in [0.15, 0.2) is 11.6 Å². The number of likely N-dealkylation sites (N-methyl/N-ethyl adjacent to an activating group) is 1. The molecule has 1 fully saturated rings. The van der Waals surface area contributed by atoms with Gasteiger partial charge in [-0.2, -0.15) is 11.8 Å². The predicted octanol–water partition coefficient (Wildman–Crippen LogP) is 3.17. The lowest BCUT2D eigenvalue weighted by Gasteiger charge is -2.23. The van der Waals surface area contributed by atoms with Crippen LogP contribution in [0.5, 0.6) is 0 Å². The minimum Gasteiger partial charge on any atom is -0.335 e. The number of hydrogen-bond acceptors (Lipinski definition) is 4. The van der Waals surface area contributed by atoms with E-state index in [0.717, 1.165) is 17.8 Å². The van der Waals surface area contributed by atoms with Gasteiger partial charge in [-0.15, -0.1) is 11.3 Å². The fourth-order valence-electron chi connectivity index (χ4n) is 2.62. The maximum absolute atomic E-state index is 12.2. The SMILES string of the molecule is CS[C@@H]1CC[C@H](NC(=O)N(C)C[C@H](C)c2nccs2)C1. The summed E-state index contributed by atoms with van der Waals surface area (Å²) >= 11 is 3.56. The molecule has 0 radical (unpaired) electrons. The van der Waals surface area contributed by atoms with Crippen molar-refractivity contribution in [2.75, 3.05) is 19.8 Å². The van der Waals surface area contributed by atoms with E-state index in [-0.39, 0.29) is 11.9 Å². The molecule has 1 heterocycles. The molecular weight excluding hydrogens is 290 g/mol. The van der Waals surface area contributed by atoms with Gasteiger partial charge in [0.25, 0.3) is 0 Å². The van der Waals surface area contributed by atoms with Gasteiger partial charge in [0.05, 0.1) is 5.01 Å². The standard InChI is InChI=1S/C14H23N3OS2/c1-10(13-15-6-7-20-13)9-17(2)14(18)16-11-4-5-12(8-11)19-3/h6-7,10-12H,4-5,8-9H2,1-3H3,(H,16,18)/t10-,11-,12+/m0/s1. The van der Waals surface area contributed by atoms with Gasteiger partial charge in [0.15, 0.2) is 0 Å². The van der Waals surface area contributed by atoms with Crippen LogP contribution in [0.1, 0.15) is 37.1 Å². The molecule has 1 N–H and O–H groups in total. The van der Waals surface area contributed by atoms with Crippen molar-refractivity contribution in [3.8, 4) is 0 Å². The normalized spacial score (nSPS) is 23.6. The molecule has 1 saturated carbocycles. The van der Waals surface area contributed by atoms with Gasteiger partial charge in [0, 0.05) is 42.4 Å². The summed E-state index contributed by atoms with van der Waals surface area (Å²) in [6, 6.07) is 0.387. The zero-order valence-electron chi connectivity index (χ0n) is 12.3. The van der Waals surface area contributed by atoms with Gasteiger partial charge >= 0.3 is 6.03 Å². The molecule has 20 heavy (non-hydrogen) atoms. The van der Waals surface area contributed by atoms with Crippen molar-refractivity contribution in [1.82, 2.24) is 15.2 Å². The van der Waals surface area contributed by atoms with Gasteiger partial charge in [-0.1, -0.05) is 6.92 Å². The number of rotatable bonds is 5. The van der Waals surface area contributed by atoms with E-state index in [0.29, 0.717) is 17.8 Å². The van der Waals surface area contributed by atoms with E-state index in [2.05, 4.69) is 23.5 Å². The van der Waals surface area contributed by atoms with E-state index in [1.165, 1.54) is 6.42 Å². The maximum atomic E-state index is 12.2. The Morgan fingerprint density at radius 2 is 2.45 bits per heavy atom. The van der Waals surface area contributed by atoms with Crippen molar-refractivity contribution in [2.45, 2.75) is 43.4 Å². The molecule has 0 aromatic carbocycles. The smallest absolute Gasteiger partial charge is 0.317 e. The minimum atomic E-state index is 0.0418. The van der Waals surface area contributed by atoms with Crippen LogP contribution in [-0.4, -0.2) is 47.1 Å². The summed E-state index contributed by atoms with van der Waals surface area (Å²) < 4.78 is 0. The Morgan fingerprint density at radius 3 is 3.05 bits per heavy atom. The largest absolute Gasteiger partial charge is 0.335 e. The number of nitrogens with one attached hydrogen (secondary N) is 1. The molecule has 0 aliphatic heterocycles. The Morgan fingerprint density at radius 1 is 1.65 bits per heavy atom. The molecular formula is C14H23N3OS2. The number of aromatic nitrogens is 1. The van der Waals surface area contributed by atoms with Crippen LogP contribution in [0.25, 0.3) is 0 Å². The molecule has 2 amide bonds. The van der Waals surface area contributed by atoms with Gasteiger partial charge < -0.3 is 10.2 Å². The highest BCUT2D eigenvalue weighted by Gasteiger charge is 2.26. The third-order valence-electron chi connectivity index (χ3n) is 3.81. The Bertz CT molecular complexity index is 424. The van der Waals surface area contributed by atoms with E-state index in [9.17, 15) is 4.79 Å². The van der Waals surface area contributed by atoms with Crippen molar-refractivity contribution in [2.24, 2.45) is 0 Å². The molecule has 3 atom stereocenters. The van der Waals surface area contributed by atoms with E-state index < -0.39 is 0 Å². The van der Waals surface area contributed by atoms with Crippen molar-refractivity contribution in [3.05, 3.63) is 16.6 Å². The number of carbonyl (C=O) groups is 1. The van der Waals surface area contributed by atoms with Crippen LogP contribution in [0.3, 0.4) is 0 Å². The summed E-state index contributed by atoms with van der Waals surface area (Å²) in [5, 5.41) is 6.93. The zero-order chi connectivity index (χ0) is 14.5. The molecule has 0 bridgehead atoms. The molecule has 0 unspecified atom stereocenters. The third-order valence-corrected chi connectivity index (χ3v) is 5.91. The first-order chi connectivity index (χ1) is 9.60. The molecule has 1 aromatic rings. The third kappa shape index (κ3) is 4.12. The Hall–Kier alpha value is -0.750. The topological polar surface area (TPSA) is 45.2 Å². The second-order valence-corrected chi connectivity index (χ2v) is 7.53. The van der Waals surface area contributed by atoms with Crippen LogP contribution in [0.4, 0.5) is 4.79 Å². The zero-order valence-corrected chi connectivity index (χ0v) is 14.0. The van der Waals surface area contributed by atoms with E-state index >= 15 is 0 Å². The fourth-order valence-corrected chi connectivity index (χ4v) is 4.11. The second kappa shape index (κ2) is 7.31. The summed E-state index contributed by atoms with van der Waals surface area (Å²) in [6.07, 6.45) is 7.38. The molecule has 1 aliphatic carbocycles. The summed E-state index contributed by atoms with van der Waals surface area (Å²) in [5.74, 6) is 0.285. The Balaban J connectivity index is 1.77. The van der Waals surface area contributed by atoms with Gasteiger partial charge in [0.2, 0.25) is 0 Å². The number of thioether (sulfide) groups is 1. The van der Waals surface area contributed by atoms with Gasteiger partial charge in [-0.05, 0) is 25.5 Å². The lowest BCUT2D eigenvalue weighted by Crippen LogP contribution is -2.43. The molecule has 112 valence electrons. The lowest BCUT2D eigenvalue weighted by atomic mass is 10.2. The van der Waals surface area contributed by atoms with Crippen LogP contribution in [-0.2, 0) is 0 Å². The number of urea groups is 1. The Kier molecular flexibility index (Phi) is 5.72. The molecule has 6 heteroatoms. The number of nitrogens with zero attached hydrogens (tertiary/aromatic N) is 2. The average molecular weight is 313 g/mol. The molecule has 0 spiro atoms. The first kappa shape index (κ1) is 15.6. The first-order valence-corrected chi connectivity index (χ1v) is 9.20. The van der Waals surface area contributed by atoms with E-state index in [1.54, 1.807) is 16.2 Å². The number of hydrogen-bond donors (Lipinski definition) is 1. The van der Waals surface area contributed by atoms with Gasteiger partial charge in [-0.3, -0.25) is 0 Å². The minimum absolute atomic E-state index is 0.0418. The van der Waals surface area contributed by atoms with E-state index in [1.807, 2.05) is 30.4 Å². The quantitative estimate of drug-likeness (QED) is 0.908. The van der Waals surface area contributed by atoms with Crippen molar-refractivity contribution < 1.29 is 4.79 Å². The summed E-state index contributed by atoms with van der Waals surface area (Å²) in [7, 11) is 1.86. The maximum Gasteiger partial charge on any atom is 0.317 e. The van der Waals surface area contributed by atoms with Crippen LogP contribution in [0.2, 0.25) is 0 Å². The van der Waals surface area contributed by atoms with Crippen molar-refractivity contribution in [1.29, 1.82) is 0 Å². The number of thiazole rings is 1. The molecule has 4 nitrogen and oxygen atoms in total. The number of carbonyl (C=O) groups excluding carboxylic acids is 1. The summed E-state index contributed by atoms with van der Waals surface area (Å²) in [5.41, 5.74) is 0. The molecule has 0 saturated heterocycles. The van der Waals surface area contributed by atoms with Gasteiger partial charge in [0.1, 0.15) is 0 Å². The molecule has 1 aliphatic rings. The predicted molar refractivity (Wildman–Crippen MR) is 86.6 cm³/mol. The lowest BCUT2D eigenvalue weighted by molar-refractivity contribution is 0.202. The van der Waals surface area contributed by atoms with E-state index in [4.69, 9.17) is 0 Å². The highest BCUT2D eigenvalue weighted by molar-refractivity contribution is 7.99. The second-order valence-electron chi connectivity index (χ2n) is 5.47. The van der Waals surface area contributed by atoms with Gasteiger partial charge in [-0.25, -0.2) is 9.78 Å². The van der Waals surface area contributed by atoms with Crippen LogP contribution in [0, 0.1) is 0 Å². The summed E-state index contributed by atoms with van der Waals surface area (Å²) in [6.45, 7) is 2.82. The van der Waals surface area contributed by atoms with Crippen LogP contribution >= 0.6 is 23.1 Å². The fraction of sp³-hybridized carbons (Fsp3) is 0.714. The first-order valence-electron chi connectivity index (χ1n) is 7.04. The molecule has 2 rings (SSSR count). The highest BCUT2D eigenvalue weighted by Crippen LogP contribution is 2.28. The highest BCUT2D eigenvalue weighted by atomic mass is 32.2. The Labute approximate surface area is 129 Å².